The molecular weight excluding hydrogens is 384 g/mol. The molecule has 0 aromatic heterocycles. The molecule has 1 aliphatic heterocycles. The van der Waals surface area contributed by atoms with E-state index < -0.39 is 5.60 Å². The summed E-state index contributed by atoms with van der Waals surface area (Å²) in [6, 6.07) is 3.51. The molecule has 1 aliphatic rings. The van der Waals surface area contributed by atoms with Crippen LogP contribution in [0.3, 0.4) is 0 Å². The second-order valence-corrected chi connectivity index (χ2v) is 10.2. The number of benzene rings is 1. The maximum Gasteiger partial charge on any atom is 0.131 e. The fourth-order valence-corrected chi connectivity index (χ4v) is 3.87. The molecule has 0 bridgehead atoms. The number of rotatable bonds is 10. The van der Waals surface area contributed by atoms with Gasteiger partial charge in [0.25, 0.3) is 0 Å². The van der Waals surface area contributed by atoms with Gasteiger partial charge in [0.15, 0.2) is 0 Å². The first kappa shape index (κ1) is 25.3. The highest BCUT2D eigenvalue weighted by molar-refractivity contribution is 5.65. The fraction of sp³-hybridized carbons (Fsp3) is 0.571. The van der Waals surface area contributed by atoms with E-state index in [1.165, 1.54) is 11.1 Å². The molecule has 3 nitrogen and oxygen atoms in total. The van der Waals surface area contributed by atoms with Gasteiger partial charge in [0.1, 0.15) is 17.1 Å². The third-order valence-corrected chi connectivity index (χ3v) is 6.58. The Morgan fingerprint density at radius 3 is 2.45 bits per heavy atom. The monoisotopic (exact) mass is 426 g/mol. The highest BCUT2D eigenvalue weighted by atomic mass is 16.5. The number of phenols is 1. The van der Waals surface area contributed by atoms with E-state index in [1.54, 1.807) is 12.1 Å². The summed E-state index contributed by atoms with van der Waals surface area (Å²) in [5.41, 5.74) is 3.82. The third kappa shape index (κ3) is 7.88. The van der Waals surface area contributed by atoms with Gasteiger partial charge in [-0.05, 0) is 110 Å². The Balaban J connectivity index is 1.79. The van der Waals surface area contributed by atoms with Crippen LogP contribution >= 0.6 is 0 Å². The average Bonchev–Trinajstić information content (AvgIpc) is 2.66. The van der Waals surface area contributed by atoms with Crippen LogP contribution in [0.25, 0.3) is 6.08 Å². The van der Waals surface area contributed by atoms with Gasteiger partial charge in [-0.2, -0.15) is 0 Å². The van der Waals surface area contributed by atoms with Crippen LogP contribution in [0.15, 0.2) is 41.5 Å². The molecular formula is C28H42O3. The van der Waals surface area contributed by atoms with E-state index in [0.717, 1.165) is 55.4 Å². The van der Waals surface area contributed by atoms with Gasteiger partial charge in [-0.25, -0.2) is 0 Å². The summed E-state index contributed by atoms with van der Waals surface area (Å²) in [5.74, 6) is 1.46. The zero-order valence-electron chi connectivity index (χ0n) is 20.6. The lowest BCUT2D eigenvalue weighted by Gasteiger charge is -2.32. The van der Waals surface area contributed by atoms with Crippen LogP contribution in [0.1, 0.15) is 91.2 Å². The highest BCUT2D eigenvalue weighted by Gasteiger charge is 2.28. The van der Waals surface area contributed by atoms with Crippen molar-refractivity contribution in [3.05, 3.63) is 52.6 Å². The van der Waals surface area contributed by atoms with E-state index in [9.17, 15) is 10.2 Å². The van der Waals surface area contributed by atoms with Crippen molar-refractivity contribution in [2.24, 2.45) is 5.92 Å². The lowest BCUT2D eigenvalue weighted by molar-refractivity contribution is 0.0215. The van der Waals surface area contributed by atoms with Gasteiger partial charge in [0.2, 0.25) is 0 Å². The zero-order valence-corrected chi connectivity index (χ0v) is 20.6. The minimum atomic E-state index is -0.601. The van der Waals surface area contributed by atoms with Gasteiger partial charge in [-0.15, -0.1) is 0 Å². The van der Waals surface area contributed by atoms with E-state index in [0.29, 0.717) is 5.92 Å². The van der Waals surface area contributed by atoms with Crippen LogP contribution < -0.4 is 4.74 Å². The molecule has 31 heavy (non-hydrogen) atoms. The molecule has 0 spiro atoms. The molecule has 2 rings (SSSR count). The maximum atomic E-state index is 10.1. The van der Waals surface area contributed by atoms with Crippen LogP contribution in [-0.4, -0.2) is 21.4 Å². The van der Waals surface area contributed by atoms with Gasteiger partial charge in [-0.3, -0.25) is 0 Å². The summed E-state index contributed by atoms with van der Waals surface area (Å²) in [4.78, 5) is 0. The van der Waals surface area contributed by atoms with Crippen molar-refractivity contribution >= 4 is 6.08 Å². The predicted molar refractivity (Wildman–Crippen MR) is 132 cm³/mol. The van der Waals surface area contributed by atoms with Crippen molar-refractivity contribution in [1.82, 2.24) is 0 Å². The summed E-state index contributed by atoms with van der Waals surface area (Å²) >= 11 is 0. The van der Waals surface area contributed by atoms with Crippen LogP contribution in [0, 0.1) is 12.8 Å². The number of ether oxygens (including phenoxy) is 1. The molecule has 0 saturated carbocycles. The van der Waals surface area contributed by atoms with Gasteiger partial charge in [0, 0.05) is 5.56 Å². The van der Waals surface area contributed by atoms with Crippen molar-refractivity contribution in [2.75, 3.05) is 0 Å². The van der Waals surface area contributed by atoms with Crippen LogP contribution in [-0.2, 0) is 0 Å². The van der Waals surface area contributed by atoms with E-state index >= 15 is 0 Å². The molecule has 0 saturated heterocycles. The molecule has 1 aromatic rings. The summed E-state index contributed by atoms with van der Waals surface area (Å²) in [7, 11) is 0. The van der Waals surface area contributed by atoms with Crippen molar-refractivity contribution in [2.45, 2.75) is 98.2 Å². The maximum absolute atomic E-state index is 10.1. The second kappa shape index (κ2) is 10.5. The van der Waals surface area contributed by atoms with E-state index in [2.05, 4.69) is 52.0 Å². The van der Waals surface area contributed by atoms with E-state index in [1.807, 2.05) is 20.8 Å². The Kier molecular flexibility index (Phi) is 8.59. The normalized spacial score (nSPS) is 20.4. The molecule has 0 aliphatic carbocycles. The number of fused-ring (bicyclic) bond motifs is 1. The molecule has 0 amide bonds. The number of aryl methyl sites for hydroxylation is 1. The van der Waals surface area contributed by atoms with Crippen molar-refractivity contribution in [3.8, 4) is 11.5 Å². The fourth-order valence-electron chi connectivity index (χ4n) is 3.87. The number of hydrogen-bond acceptors (Lipinski definition) is 3. The molecule has 172 valence electrons. The molecule has 1 aromatic carbocycles. The van der Waals surface area contributed by atoms with Gasteiger partial charge < -0.3 is 14.9 Å². The lowest BCUT2D eigenvalue weighted by Crippen LogP contribution is -2.32. The van der Waals surface area contributed by atoms with Crippen LogP contribution in [0.2, 0.25) is 0 Å². The molecule has 1 heterocycles. The number of phenolic OH excluding ortho intramolecular Hbond substituents is 1. The lowest BCUT2D eigenvalue weighted by atomic mass is 9.87. The predicted octanol–water partition coefficient (Wildman–Crippen LogP) is 7.51. The Morgan fingerprint density at radius 2 is 1.77 bits per heavy atom. The number of hydrogen-bond donors (Lipinski definition) is 2. The summed E-state index contributed by atoms with van der Waals surface area (Å²) in [6.07, 6.45) is 15.0. The molecule has 1 unspecified atom stereocenters. The first-order valence-electron chi connectivity index (χ1n) is 11.6. The number of aromatic hydroxyl groups is 1. The molecule has 2 N–H and O–H groups in total. The smallest absolute Gasteiger partial charge is 0.131 e. The Hall–Kier alpha value is -2.00. The SMILES string of the molecule is C/C(=C\CCC1(C)C=Cc2cc(O)cc(C)c2O1)CC/C=C(\C)CC[C@@H](C)C(C)(C)O. The molecule has 0 radical (unpaired) electrons. The van der Waals surface area contributed by atoms with Gasteiger partial charge in [-0.1, -0.05) is 36.3 Å². The second-order valence-electron chi connectivity index (χ2n) is 10.2. The van der Waals surface area contributed by atoms with Crippen LogP contribution in [0.5, 0.6) is 11.5 Å². The van der Waals surface area contributed by atoms with Crippen molar-refractivity contribution in [1.29, 1.82) is 0 Å². The number of allylic oxidation sites excluding steroid dienone is 4. The summed E-state index contributed by atoms with van der Waals surface area (Å²) in [6.45, 7) is 14.4. The first-order valence-corrected chi connectivity index (χ1v) is 11.6. The summed E-state index contributed by atoms with van der Waals surface area (Å²) < 4.78 is 6.32. The van der Waals surface area contributed by atoms with Gasteiger partial charge >= 0.3 is 0 Å². The Morgan fingerprint density at radius 1 is 1.13 bits per heavy atom. The molecule has 0 fully saturated rings. The topological polar surface area (TPSA) is 49.7 Å². The minimum Gasteiger partial charge on any atom is -0.508 e. The minimum absolute atomic E-state index is 0.280. The van der Waals surface area contributed by atoms with Crippen molar-refractivity contribution in [3.63, 3.8) is 0 Å². The van der Waals surface area contributed by atoms with E-state index in [4.69, 9.17) is 4.74 Å². The molecule has 3 heteroatoms. The largest absolute Gasteiger partial charge is 0.508 e. The first-order chi connectivity index (χ1) is 14.4. The number of aliphatic hydroxyl groups is 1. The third-order valence-electron chi connectivity index (χ3n) is 6.58. The Labute approximate surface area is 189 Å². The average molecular weight is 427 g/mol. The standard InChI is InChI=1S/C28H42O3/c1-20(10-8-11-21(2)13-14-23(4)27(5,6)30)12-9-16-28(7)17-15-24-19-25(29)18-22(3)26(24)31-28/h11-12,15,17-19,23,29-30H,8-10,13-14,16H2,1-7H3/b20-12+,21-11+/t23-,28?/m1/s1. The zero-order chi connectivity index (χ0) is 23.2. The quantitative estimate of drug-likeness (QED) is 0.381. The molecule has 2 atom stereocenters. The van der Waals surface area contributed by atoms with E-state index in [-0.39, 0.29) is 11.4 Å². The summed E-state index contributed by atoms with van der Waals surface area (Å²) in [5, 5.41) is 19.8. The van der Waals surface area contributed by atoms with Crippen molar-refractivity contribution < 1.29 is 14.9 Å². The van der Waals surface area contributed by atoms with Gasteiger partial charge in [0.05, 0.1) is 5.60 Å². The van der Waals surface area contributed by atoms with Crippen LogP contribution in [0.4, 0.5) is 0 Å². The highest BCUT2D eigenvalue weighted by Crippen LogP contribution is 2.38. The Bertz CT molecular complexity index is 839.